The van der Waals surface area contributed by atoms with Crippen molar-refractivity contribution in [2.24, 2.45) is 0 Å². The zero-order valence-electron chi connectivity index (χ0n) is 17.0. The summed E-state index contributed by atoms with van der Waals surface area (Å²) in [7, 11) is 1.56. The van der Waals surface area contributed by atoms with Gasteiger partial charge in [0.15, 0.2) is 11.5 Å². The number of ether oxygens (including phenoxy) is 2. The average Bonchev–Trinajstić information content (AvgIpc) is 3.36. The third-order valence-corrected chi connectivity index (χ3v) is 5.46. The van der Waals surface area contributed by atoms with E-state index in [0.717, 1.165) is 16.8 Å². The number of thiazole rings is 1. The molecule has 156 valence electrons. The van der Waals surface area contributed by atoms with E-state index in [9.17, 15) is 4.79 Å². The highest BCUT2D eigenvalue weighted by molar-refractivity contribution is 7.07. The number of carbonyl (C=O) groups excluding carboxylic acids is 1. The number of rotatable bonds is 8. The van der Waals surface area contributed by atoms with Gasteiger partial charge in [0.05, 0.1) is 24.4 Å². The summed E-state index contributed by atoms with van der Waals surface area (Å²) in [5.41, 5.74) is 5.13. The molecule has 31 heavy (non-hydrogen) atoms. The Kier molecular flexibility index (Phi) is 6.59. The van der Waals surface area contributed by atoms with Gasteiger partial charge in [-0.2, -0.15) is 0 Å². The van der Waals surface area contributed by atoms with Gasteiger partial charge in [-0.05, 0) is 29.3 Å². The summed E-state index contributed by atoms with van der Waals surface area (Å²) in [6.07, 6.45) is 0. The molecule has 0 spiro atoms. The van der Waals surface area contributed by atoms with Crippen molar-refractivity contribution in [3.05, 3.63) is 112 Å². The van der Waals surface area contributed by atoms with Crippen molar-refractivity contribution in [1.82, 2.24) is 10.3 Å². The fourth-order valence-corrected chi connectivity index (χ4v) is 3.80. The van der Waals surface area contributed by atoms with E-state index in [1.807, 2.05) is 66.0 Å². The van der Waals surface area contributed by atoms with E-state index in [1.165, 1.54) is 11.3 Å². The highest BCUT2D eigenvalue weighted by Crippen LogP contribution is 2.30. The first-order chi connectivity index (χ1) is 15.2. The maximum Gasteiger partial charge on any atom is 0.252 e. The molecular weight excluding hydrogens is 408 g/mol. The lowest BCUT2D eigenvalue weighted by atomic mass is 9.98. The summed E-state index contributed by atoms with van der Waals surface area (Å²) in [4.78, 5) is 17.3. The van der Waals surface area contributed by atoms with Crippen LogP contribution in [0.25, 0.3) is 0 Å². The Balaban J connectivity index is 1.54. The molecule has 1 heterocycles. The molecule has 1 aromatic heterocycles. The topological polar surface area (TPSA) is 60.5 Å². The molecule has 6 heteroatoms. The van der Waals surface area contributed by atoms with Crippen LogP contribution < -0.4 is 14.8 Å². The summed E-state index contributed by atoms with van der Waals surface area (Å²) in [5.74, 6) is 0.871. The van der Waals surface area contributed by atoms with E-state index >= 15 is 0 Å². The predicted octanol–water partition coefficient (Wildman–Crippen LogP) is 5.25. The van der Waals surface area contributed by atoms with Gasteiger partial charge in [-0.3, -0.25) is 4.79 Å². The van der Waals surface area contributed by atoms with Crippen molar-refractivity contribution >= 4 is 17.2 Å². The van der Waals surface area contributed by atoms with Crippen LogP contribution in [0.5, 0.6) is 11.5 Å². The lowest BCUT2D eigenvalue weighted by molar-refractivity contribution is 0.0942. The van der Waals surface area contributed by atoms with Gasteiger partial charge in [-0.15, -0.1) is 11.3 Å². The first-order valence-electron chi connectivity index (χ1n) is 9.83. The van der Waals surface area contributed by atoms with Crippen LogP contribution in [0.1, 0.15) is 33.2 Å². The van der Waals surface area contributed by atoms with Gasteiger partial charge in [0.1, 0.15) is 6.61 Å². The summed E-state index contributed by atoms with van der Waals surface area (Å²) in [5, 5.41) is 5.08. The Morgan fingerprint density at radius 3 is 2.23 bits per heavy atom. The summed E-state index contributed by atoms with van der Waals surface area (Å²) < 4.78 is 11.3. The van der Waals surface area contributed by atoms with Gasteiger partial charge >= 0.3 is 0 Å². The monoisotopic (exact) mass is 430 g/mol. The van der Waals surface area contributed by atoms with E-state index in [4.69, 9.17) is 9.47 Å². The van der Waals surface area contributed by atoms with Gasteiger partial charge in [-0.1, -0.05) is 60.7 Å². The second-order valence-electron chi connectivity index (χ2n) is 6.86. The maximum absolute atomic E-state index is 13.1. The largest absolute Gasteiger partial charge is 0.493 e. The van der Waals surface area contributed by atoms with E-state index in [0.29, 0.717) is 23.7 Å². The number of nitrogens with one attached hydrogen (secondary N) is 1. The number of hydrogen-bond acceptors (Lipinski definition) is 5. The van der Waals surface area contributed by atoms with Crippen molar-refractivity contribution in [3.8, 4) is 11.5 Å². The molecule has 0 aliphatic carbocycles. The van der Waals surface area contributed by atoms with Crippen LogP contribution in [0.4, 0.5) is 0 Å². The molecule has 0 atom stereocenters. The number of amides is 1. The number of aromatic nitrogens is 1. The molecule has 0 radical (unpaired) electrons. The lowest BCUT2D eigenvalue weighted by Crippen LogP contribution is -2.29. The van der Waals surface area contributed by atoms with Gasteiger partial charge in [0.25, 0.3) is 5.91 Å². The van der Waals surface area contributed by atoms with Crippen LogP contribution in [0.2, 0.25) is 0 Å². The van der Waals surface area contributed by atoms with Crippen LogP contribution in [0, 0.1) is 0 Å². The molecule has 0 fully saturated rings. The van der Waals surface area contributed by atoms with Crippen LogP contribution in [-0.4, -0.2) is 18.0 Å². The lowest BCUT2D eigenvalue weighted by Gasteiger charge is -2.20. The second-order valence-corrected chi connectivity index (χ2v) is 7.58. The molecule has 0 unspecified atom stereocenters. The van der Waals surface area contributed by atoms with Crippen LogP contribution in [0.3, 0.4) is 0 Å². The molecule has 5 nitrogen and oxygen atoms in total. The third kappa shape index (κ3) is 5.10. The van der Waals surface area contributed by atoms with E-state index in [2.05, 4.69) is 10.3 Å². The van der Waals surface area contributed by atoms with Crippen LogP contribution >= 0.6 is 11.3 Å². The molecule has 1 amide bonds. The number of carbonyl (C=O) groups is 1. The molecule has 0 aliphatic heterocycles. The average molecular weight is 431 g/mol. The van der Waals surface area contributed by atoms with Crippen molar-refractivity contribution in [2.45, 2.75) is 12.6 Å². The zero-order valence-corrected chi connectivity index (χ0v) is 17.8. The molecule has 0 aliphatic rings. The van der Waals surface area contributed by atoms with Crippen molar-refractivity contribution in [2.75, 3.05) is 7.11 Å². The number of hydrogen-bond donors (Lipinski definition) is 1. The third-order valence-electron chi connectivity index (χ3n) is 4.83. The summed E-state index contributed by atoms with van der Waals surface area (Å²) in [6.45, 7) is 0.343. The smallest absolute Gasteiger partial charge is 0.252 e. The molecule has 0 saturated heterocycles. The molecule has 4 aromatic rings. The highest BCUT2D eigenvalue weighted by atomic mass is 32.1. The highest BCUT2D eigenvalue weighted by Gasteiger charge is 2.19. The van der Waals surface area contributed by atoms with E-state index in [1.54, 1.807) is 30.8 Å². The van der Waals surface area contributed by atoms with Crippen LogP contribution in [-0.2, 0) is 6.61 Å². The predicted molar refractivity (Wildman–Crippen MR) is 122 cm³/mol. The maximum atomic E-state index is 13.1. The zero-order chi connectivity index (χ0) is 21.5. The fraction of sp³-hybridized carbons (Fsp3) is 0.120. The van der Waals surface area contributed by atoms with Crippen molar-refractivity contribution < 1.29 is 14.3 Å². The second kappa shape index (κ2) is 9.91. The van der Waals surface area contributed by atoms with Crippen LogP contribution in [0.15, 0.2) is 89.8 Å². The molecule has 4 rings (SSSR count). The molecule has 0 saturated carbocycles. The Morgan fingerprint density at radius 2 is 1.65 bits per heavy atom. The molecule has 0 bridgehead atoms. The van der Waals surface area contributed by atoms with Crippen molar-refractivity contribution in [3.63, 3.8) is 0 Å². The number of benzene rings is 3. The van der Waals surface area contributed by atoms with Gasteiger partial charge in [-0.25, -0.2) is 4.98 Å². The molecular formula is C25H22N2O3S. The minimum atomic E-state index is -0.263. The minimum absolute atomic E-state index is 0.193. The van der Waals surface area contributed by atoms with E-state index in [-0.39, 0.29) is 11.9 Å². The van der Waals surface area contributed by atoms with E-state index < -0.39 is 0 Å². The van der Waals surface area contributed by atoms with Gasteiger partial charge in [0.2, 0.25) is 0 Å². The first-order valence-corrected chi connectivity index (χ1v) is 10.8. The standard InChI is InChI=1S/C25H22N2O3S/c1-29-23-14-20(12-13-22(23)30-15-21-16-31-17-26-21)25(28)27-24(18-8-4-2-5-9-18)19-10-6-3-7-11-19/h2-14,16-17,24H,15H2,1H3,(H,27,28). The summed E-state index contributed by atoms with van der Waals surface area (Å²) in [6, 6.07) is 24.7. The Hall–Kier alpha value is -3.64. The SMILES string of the molecule is COc1cc(C(=O)NC(c2ccccc2)c2ccccc2)ccc1OCc1cscn1. The molecule has 1 N–H and O–H groups in total. The Morgan fingerprint density at radius 1 is 0.968 bits per heavy atom. The quantitative estimate of drug-likeness (QED) is 0.415. The number of methoxy groups -OCH3 is 1. The normalized spacial score (nSPS) is 10.6. The minimum Gasteiger partial charge on any atom is -0.493 e. The first kappa shape index (κ1) is 20.6. The Labute approximate surface area is 185 Å². The van der Waals surface area contributed by atoms with Crippen molar-refractivity contribution in [1.29, 1.82) is 0 Å². The summed E-state index contributed by atoms with van der Waals surface area (Å²) >= 11 is 1.52. The Bertz CT molecular complexity index is 1080. The molecule has 3 aromatic carbocycles. The fourth-order valence-electron chi connectivity index (χ4n) is 3.25. The van der Waals surface area contributed by atoms with Gasteiger partial charge in [0, 0.05) is 10.9 Å². The number of nitrogens with zero attached hydrogens (tertiary/aromatic N) is 1. The van der Waals surface area contributed by atoms with Gasteiger partial charge < -0.3 is 14.8 Å².